The molecule has 1 aliphatic heterocycles. The van der Waals surface area contributed by atoms with Crippen molar-refractivity contribution in [1.82, 2.24) is 14.9 Å². The van der Waals surface area contributed by atoms with E-state index in [4.69, 9.17) is 10.5 Å². The van der Waals surface area contributed by atoms with Gasteiger partial charge in [0.05, 0.1) is 17.5 Å². The van der Waals surface area contributed by atoms with Gasteiger partial charge in [0.2, 0.25) is 10.0 Å². The summed E-state index contributed by atoms with van der Waals surface area (Å²) in [5.74, 6) is 0. The van der Waals surface area contributed by atoms with E-state index in [1.807, 2.05) is 6.92 Å². The zero-order valence-electron chi connectivity index (χ0n) is 11.1. The van der Waals surface area contributed by atoms with Crippen LogP contribution in [0.2, 0.25) is 0 Å². The number of hydrogen-bond donors (Lipinski definition) is 3. The molecule has 19 heavy (non-hydrogen) atoms. The quantitative estimate of drug-likeness (QED) is 0.707. The van der Waals surface area contributed by atoms with Gasteiger partial charge in [0.15, 0.2) is 0 Å². The normalized spacial score (nSPS) is 21.7. The Bertz CT molecular complexity index is 534. The Morgan fingerprint density at radius 1 is 1.63 bits per heavy atom. The number of nitrogens with one attached hydrogen (secondary N) is 2. The summed E-state index contributed by atoms with van der Waals surface area (Å²) in [7, 11) is -3.63. The maximum absolute atomic E-state index is 12.4. The third kappa shape index (κ3) is 2.97. The fourth-order valence-electron chi connectivity index (χ4n) is 2.34. The number of ether oxygens (including phenoxy) is 1. The van der Waals surface area contributed by atoms with E-state index in [0.29, 0.717) is 18.0 Å². The molecule has 1 aliphatic rings. The van der Waals surface area contributed by atoms with Crippen LogP contribution < -0.4 is 10.5 Å². The second kappa shape index (κ2) is 5.58. The Kier molecular flexibility index (Phi) is 4.24. The van der Waals surface area contributed by atoms with Crippen molar-refractivity contribution in [1.29, 1.82) is 0 Å². The van der Waals surface area contributed by atoms with Gasteiger partial charge in [0.1, 0.15) is 4.90 Å². The van der Waals surface area contributed by atoms with Gasteiger partial charge in [-0.05, 0) is 26.7 Å². The minimum atomic E-state index is -3.63. The lowest BCUT2D eigenvalue weighted by Crippen LogP contribution is -2.41. The summed E-state index contributed by atoms with van der Waals surface area (Å²) >= 11 is 0. The molecule has 2 unspecified atom stereocenters. The van der Waals surface area contributed by atoms with Crippen LogP contribution in [0, 0.1) is 6.92 Å². The number of sulfonamides is 1. The van der Waals surface area contributed by atoms with E-state index in [2.05, 4.69) is 14.9 Å². The molecule has 1 fully saturated rings. The van der Waals surface area contributed by atoms with Gasteiger partial charge in [-0.25, -0.2) is 13.1 Å². The van der Waals surface area contributed by atoms with Crippen LogP contribution >= 0.6 is 0 Å². The van der Waals surface area contributed by atoms with E-state index in [0.717, 1.165) is 12.8 Å². The van der Waals surface area contributed by atoms with Crippen molar-refractivity contribution in [2.75, 3.05) is 6.61 Å². The lowest BCUT2D eigenvalue weighted by atomic mass is 10.1. The lowest BCUT2D eigenvalue weighted by molar-refractivity contribution is 0.0902. The molecule has 2 heterocycles. The van der Waals surface area contributed by atoms with Gasteiger partial charge < -0.3 is 10.5 Å². The van der Waals surface area contributed by atoms with E-state index >= 15 is 0 Å². The van der Waals surface area contributed by atoms with Crippen LogP contribution in [0.25, 0.3) is 0 Å². The van der Waals surface area contributed by atoms with Gasteiger partial charge in [-0.15, -0.1) is 0 Å². The molecule has 1 aromatic rings. The highest BCUT2D eigenvalue weighted by Crippen LogP contribution is 2.20. The lowest BCUT2D eigenvalue weighted by Gasteiger charge is -2.20. The molecule has 0 bridgehead atoms. The van der Waals surface area contributed by atoms with E-state index < -0.39 is 10.0 Å². The maximum atomic E-state index is 12.4. The number of rotatable bonds is 5. The van der Waals surface area contributed by atoms with Gasteiger partial charge in [-0.1, -0.05) is 0 Å². The van der Waals surface area contributed by atoms with Crippen LogP contribution in [-0.2, 0) is 21.3 Å². The first-order valence-electron chi connectivity index (χ1n) is 6.33. The molecule has 0 saturated carbocycles. The maximum Gasteiger partial charge on any atom is 0.244 e. The van der Waals surface area contributed by atoms with Crippen LogP contribution in [0.1, 0.15) is 31.2 Å². The van der Waals surface area contributed by atoms with Crippen LogP contribution in [0.4, 0.5) is 0 Å². The van der Waals surface area contributed by atoms with Gasteiger partial charge in [0, 0.05) is 19.2 Å². The molecular formula is C11H20N4O3S. The van der Waals surface area contributed by atoms with Crippen LogP contribution in [0.3, 0.4) is 0 Å². The minimum absolute atomic E-state index is 0.0664. The molecule has 0 spiro atoms. The van der Waals surface area contributed by atoms with Crippen molar-refractivity contribution >= 4 is 10.0 Å². The molecule has 0 aromatic carbocycles. The van der Waals surface area contributed by atoms with Crippen molar-refractivity contribution < 1.29 is 13.2 Å². The topological polar surface area (TPSA) is 110 Å². The molecule has 2 rings (SSSR count). The Morgan fingerprint density at radius 3 is 2.95 bits per heavy atom. The molecule has 0 aliphatic carbocycles. The summed E-state index contributed by atoms with van der Waals surface area (Å²) in [5, 5.41) is 6.56. The molecule has 0 radical (unpaired) electrons. The molecule has 8 heteroatoms. The SMILES string of the molecule is Cc1[nH]nc(CN)c1S(=O)(=O)NC(C)C1CCCO1. The van der Waals surface area contributed by atoms with E-state index in [1.165, 1.54) is 0 Å². The van der Waals surface area contributed by atoms with Crippen LogP contribution in [0.15, 0.2) is 4.90 Å². The summed E-state index contributed by atoms with van der Waals surface area (Å²) in [4.78, 5) is 0.153. The van der Waals surface area contributed by atoms with Gasteiger partial charge in [0.25, 0.3) is 0 Å². The summed E-state index contributed by atoms with van der Waals surface area (Å²) in [5.41, 5.74) is 6.36. The van der Waals surface area contributed by atoms with E-state index in [9.17, 15) is 8.42 Å². The molecule has 7 nitrogen and oxygen atoms in total. The molecule has 1 aromatic heterocycles. The Hall–Kier alpha value is -0.960. The first-order valence-corrected chi connectivity index (χ1v) is 7.82. The Morgan fingerprint density at radius 2 is 2.37 bits per heavy atom. The largest absolute Gasteiger partial charge is 0.377 e. The highest BCUT2D eigenvalue weighted by Gasteiger charge is 2.30. The predicted molar refractivity (Wildman–Crippen MR) is 70.0 cm³/mol. The van der Waals surface area contributed by atoms with E-state index in [-0.39, 0.29) is 23.6 Å². The standard InChI is InChI=1S/C11H20N4O3S/c1-7(10-4-3-5-18-10)15-19(16,17)11-8(2)13-14-9(11)6-12/h7,10,15H,3-6,12H2,1-2H3,(H,13,14). The summed E-state index contributed by atoms with van der Waals surface area (Å²) in [6, 6.07) is -0.271. The van der Waals surface area contributed by atoms with Crippen LogP contribution in [-0.4, -0.2) is 37.4 Å². The third-order valence-corrected chi connectivity index (χ3v) is 5.05. The van der Waals surface area contributed by atoms with Gasteiger partial charge >= 0.3 is 0 Å². The third-order valence-electron chi connectivity index (χ3n) is 3.29. The summed E-state index contributed by atoms with van der Waals surface area (Å²) in [6.45, 7) is 4.24. The minimum Gasteiger partial charge on any atom is -0.377 e. The number of aromatic amines is 1. The number of hydrogen-bond acceptors (Lipinski definition) is 5. The molecule has 0 amide bonds. The second-order valence-electron chi connectivity index (χ2n) is 4.79. The fourth-order valence-corrected chi connectivity index (χ4v) is 3.99. The zero-order valence-corrected chi connectivity index (χ0v) is 12.0. The first kappa shape index (κ1) is 14.4. The van der Waals surface area contributed by atoms with Gasteiger partial charge in [-0.2, -0.15) is 5.10 Å². The molecule has 108 valence electrons. The molecule has 4 N–H and O–H groups in total. The monoisotopic (exact) mass is 288 g/mol. The highest BCUT2D eigenvalue weighted by molar-refractivity contribution is 7.89. The van der Waals surface area contributed by atoms with Gasteiger partial charge in [-0.3, -0.25) is 5.10 Å². The Balaban J connectivity index is 2.19. The number of H-pyrrole nitrogens is 1. The van der Waals surface area contributed by atoms with E-state index in [1.54, 1.807) is 6.92 Å². The van der Waals surface area contributed by atoms with Crippen molar-refractivity contribution in [3.63, 3.8) is 0 Å². The second-order valence-corrected chi connectivity index (χ2v) is 6.44. The molecule has 1 saturated heterocycles. The zero-order chi connectivity index (χ0) is 14.0. The van der Waals surface area contributed by atoms with Crippen molar-refractivity contribution in [3.8, 4) is 0 Å². The summed E-state index contributed by atoms with van der Waals surface area (Å²) in [6.07, 6.45) is 1.77. The average Bonchev–Trinajstić information content (AvgIpc) is 2.96. The first-order chi connectivity index (χ1) is 8.95. The summed E-state index contributed by atoms with van der Waals surface area (Å²) < 4.78 is 32.9. The number of aromatic nitrogens is 2. The predicted octanol–water partition coefficient (Wildman–Crippen LogP) is 0.0226. The highest BCUT2D eigenvalue weighted by atomic mass is 32.2. The Labute approximate surface area is 113 Å². The molecule has 2 atom stereocenters. The smallest absolute Gasteiger partial charge is 0.244 e. The van der Waals surface area contributed by atoms with Crippen molar-refractivity contribution in [2.45, 2.75) is 50.3 Å². The van der Waals surface area contributed by atoms with Crippen molar-refractivity contribution in [2.24, 2.45) is 5.73 Å². The number of nitrogens with zero attached hydrogens (tertiary/aromatic N) is 1. The van der Waals surface area contributed by atoms with Crippen molar-refractivity contribution in [3.05, 3.63) is 11.4 Å². The van der Waals surface area contributed by atoms with Crippen LogP contribution in [0.5, 0.6) is 0 Å². The number of aryl methyl sites for hydroxylation is 1. The number of nitrogens with two attached hydrogens (primary N) is 1. The average molecular weight is 288 g/mol. The fraction of sp³-hybridized carbons (Fsp3) is 0.727. The molecular weight excluding hydrogens is 268 g/mol.